The van der Waals surface area contributed by atoms with Crippen molar-refractivity contribution in [1.82, 2.24) is 10.1 Å². The van der Waals surface area contributed by atoms with Gasteiger partial charge >= 0.3 is 0 Å². The molecule has 2 rings (SSSR count). The standard InChI is InChI=1S/C11H10ClN3O2/c1-7-13-11(17-15-7)8-4-2-3-5-9(8)14-10(16)6-12/h2-5H,6H2,1H3,(H,14,16). The minimum atomic E-state index is -0.282. The van der Waals surface area contributed by atoms with Crippen LogP contribution in [-0.2, 0) is 4.79 Å². The molecule has 0 fully saturated rings. The molecule has 1 aromatic carbocycles. The SMILES string of the molecule is Cc1noc(-c2ccccc2NC(=O)CCl)n1. The van der Waals surface area contributed by atoms with Gasteiger partial charge in [0.15, 0.2) is 5.82 Å². The molecule has 0 unspecified atom stereocenters. The molecule has 1 amide bonds. The summed E-state index contributed by atoms with van der Waals surface area (Å²) < 4.78 is 5.06. The first-order valence-electron chi connectivity index (χ1n) is 4.96. The summed E-state index contributed by atoms with van der Waals surface area (Å²) in [4.78, 5) is 15.4. The van der Waals surface area contributed by atoms with Crippen LogP contribution in [0.15, 0.2) is 28.8 Å². The van der Waals surface area contributed by atoms with Crippen molar-refractivity contribution < 1.29 is 9.32 Å². The lowest BCUT2D eigenvalue weighted by atomic mass is 10.2. The Morgan fingerprint density at radius 3 is 2.88 bits per heavy atom. The lowest BCUT2D eigenvalue weighted by Crippen LogP contribution is -2.13. The van der Waals surface area contributed by atoms with Gasteiger partial charge in [-0.15, -0.1) is 11.6 Å². The molecule has 0 aliphatic rings. The molecule has 0 saturated heterocycles. The Bertz CT molecular complexity index is 539. The molecule has 6 heteroatoms. The highest BCUT2D eigenvalue weighted by Crippen LogP contribution is 2.26. The van der Waals surface area contributed by atoms with Gasteiger partial charge in [0.25, 0.3) is 5.89 Å². The number of hydrogen-bond donors (Lipinski definition) is 1. The van der Waals surface area contributed by atoms with Gasteiger partial charge in [0.2, 0.25) is 5.91 Å². The molecule has 0 spiro atoms. The van der Waals surface area contributed by atoms with E-state index in [-0.39, 0.29) is 11.8 Å². The maximum absolute atomic E-state index is 11.3. The lowest BCUT2D eigenvalue weighted by Gasteiger charge is -2.06. The Hall–Kier alpha value is -1.88. The molecule has 1 heterocycles. The van der Waals surface area contributed by atoms with E-state index in [0.29, 0.717) is 23.0 Å². The molecular formula is C11H10ClN3O2. The number of nitrogens with zero attached hydrogens (tertiary/aromatic N) is 2. The normalized spacial score (nSPS) is 10.2. The number of halogens is 1. The summed E-state index contributed by atoms with van der Waals surface area (Å²) in [7, 11) is 0. The molecule has 0 radical (unpaired) electrons. The van der Waals surface area contributed by atoms with Gasteiger partial charge in [-0.1, -0.05) is 17.3 Å². The van der Waals surface area contributed by atoms with E-state index in [2.05, 4.69) is 15.5 Å². The van der Waals surface area contributed by atoms with Crippen LogP contribution in [0.1, 0.15) is 5.82 Å². The fourth-order valence-corrected chi connectivity index (χ4v) is 1.44. The van der Waals surface area contributed by atoms with Gasteiger partial charge in [0.1, 0.15) is 5.88 Å². The second-order valence-corrected chi connectivity index (χ2v) is 3.64. The van der Waals surface area contributed by atoms with Gasteiger partial charge in [-0.3, -0.25) is 4.79 Å². The van der Waals surface area contributed by atoms with Crippen LogP contribution in [0.4, 0.5) is 5.69 Å². The minimum Gasteiger partial charge on any atom is -0.334 e. The van der Waals surface area contributed by atoms with Crippen LogP contribution in [-0.4, -0.2) is 21.9 Å². The first-order valence-corrected chi connectivity index (χ1v) is 5.49. The second kappa shape index (κ2) is 4.97. The van der Waals surface area contributed by atoms with E-state index in [4.69, 9.17) is 16.1 Å². The Morgan fingerprint density at radius 1 is 1.47 bits per heavy atom. The van der Waals surface area contributed by atoms with Crippen LogP contribution in [0.5, 0.6) is 0 Å². The third kappa shape index (κ3) is 2.62. The Morgan fingerprint density at radius 2 is 2.24 bits per heavy atom. The highest BCUT2D eigenvalue weighted by atomic mass is 35.5. The number of para-hydroxylation sites is 1. The zero-order valence-electron chi connectivity index (χ0n) is 9.11. The van der Waals surface area contributed by atoms with Gasteiger partial charge < -0.3 is 9.84 Å². The smallest absolute Gasteiger partial charge is 0.260 e. The molecule has 1 aromatic heterocycles. The molecular weight excluding hydrogens is 242 g/mol. The van der Waals surface area contributed by atoms with Crippen molar-refractivity contribution in [3.63, 3.8) is 0 Å². The number of nitrogens with one attached hydrogen (secondary N) is 1. The zero-order chi connectivity index (χ0) is 12.3. The third-order valence-electron chi connectivity index (χ3n) is 2.08. The lowest BCUT2D eigenvalue weighted by molar-refractivity contribution is -0.113. The van der Waals surface area contributed by atoms with E-state index in [0.717, 1.165) is 0 Å². The van der Waals surface area contributed by atoms with Crippen LogP contribution < -0.4 is 5.32 Å². The van der Waals surface area contributed by atoms with Crippen molar-refractivity contribution in [3.8, 4) is 11.5 Å². The maximum atomic E-state index is 11.3. The van der Waals surface area contributed by atoms with E-state index < -0.39 is 0 Å². The van der Waals surface area contributed by atoms with Gasteiger partial charge in [0, 0.05) is 0 Å². The maximum Gasteiger partial charge on any atom is 0.260 e. The summed E-state index contributed by atoms with van der Waals surface area (Å²) in [5.41, 5.74) is 1.27. The van der Waals surface area contributed by atoms with Crippen molar-refractivity contribution in [2.45, 2.75) is 6.92 Å². The van der Waals surface area contributed by atoms with E-state index in [1.807, 2.05) is 6.07 Å². The third-order valence-corrected chi connectivity index (χ3v) is 2.32. The number of amides is 1. The van der Waals surface area contributed by atoms with E-state index in [9.17, 15) is 4.79 Å². The molecule has 0 bridgehead atoms. The molecule has 0 saturated carbocycles. The van der Waals surface area contributed by atoms with Crippen LogP contribution >= 0.6 is 11.6 Å². The van der Waals surface area contributed by atoms with Crippen LogP contribution in [0.3, 0.4) is 0 Å². The fourth-order valence-electron chi connectivity index (χ4n) is 1.37. The van der Waals surface area contributed by atoms with E-state index in [1.165, 1.54) is 0 Å². The molecule has 2 aromatic rings. The van der Waals surface area contributed by atoms with Gasteiger partial charge in [-0.2, -0.15) is 4.98 Å². The van der Waals surface area contributed by atoms with Gasteiger partial charge in [-0.25, -0.2) is 0 Å². The second-order valence-electron chi connectivity index (χ2n) is 3.37. The summed E-state index contributed by atoms with van der Waals surface area (Å²) >= 11 is 5.44. The highest BCUT2D eigenvalue weighted by molar-refractivity contribution is 6.29. The van der Waals surface area contributed by atoms with Crippen LogP contribution in [0.25, 0.3) is 11.5 Å². The Balaban J connectivity index is 2.37. The molecule has 0 aliphatic carbocycles. The molecule has 0 aliphatic heterocycles. The monoisotopic (exact) mass is 251 g/mol. The van der Waals surface area contributed by atoms with Crippen LogP contribution in [0, 0.1) is 6.92 Å². The molecule has 88 valence electrons. The van der Waals surface area contributed by atoms with E-state index in [1.54, 1.807) is 25.1 Å². The predicted molar refractivity (Wildman–Crippen MR) is 63.8 cm³/mol. The van der Waals surface area contributed by atoms with Crippen LogP contribution in [0.2, 0.25) is 0 Å². The average Bonchev–Trinajstić information content (AvgIpc) is 2.76. The topological polar surface area (TPSA) is 68.0 Å². The number of benzene rings is 1. The number of rotatable bonds is 3. The largest absolute Gasteiger partial charge is 0.334 e. The number of aromatic nitrogens is 2. The van der Waals surface area contributed by atoms with Crippen molar-refractivity contribution >= 4 is 23.2 Å². The molecule has 5 nitrogen and oxygen atoms in total. The summed E-state index contributed by atoms with van der Waals surface area (Å²) in [6.07, 6.45) is 0. The number of anilines is 1. The summed E-state index contributed by atoms with van der Waals surface area (Å²) in [6.45, 7) is 1.73. The number of carbonyl (C=O) groups is 1. The minimum absolute atomic E-state index is 0.100. The number of carbonyl (C=O) groups excluding carboxylic acids is 1. The van der Waals surface area contributed by atoms with Crippen molar-refractivity contribution in [2.24, 2.45) is 0 Å². The zero-order valence-corrected chi connectivity index (χ0v) is 9.86. The Kier molecular flexibility index (Phi) is 3.39. The van der Waals surface area contributed by atoms with E-state index >= 15 is 0 Å². The fraction of sp³-hybridized carbons (Fsp3) is 0.182. The summed E-state index contributed by atoms with van der Waals surface area (Å²) in [6, 6.07) is 7.16. The first kappa shape index (κ1) is 11.6. The summed E-state index contributed by atoms with van der Waals surface area (Å²) in [5, 5.41) is 6.38. The van der Waals surface area contributed by atoms with Crippen molar-refractivity contribution in [3.05, 3.63) is 30.1 Å². The number of hydrogen-bond acceptors (Lipinski definition) is 4. The first-order chi connectivity index (χ1) is 8.20. The molecule has 1 N–H and O–H groups in total. The summed E-state index contributed by atoms with van der Waals surface area (Å²) in [5.74, 6) is 0.527. The van der Waals surface area contributed by atoms with Crippen molar-refractivity contribution in [2.75, 3.05) is 11.2 Å². The molecule has 17 heavy (non-hydrogen) atoms. The van der Waals surface area contributed by atoms with Gasteiger partial charge in [-0.05, 0) is 19.1 Å². The predicted octanol–water partition coefficient (Wildman–Crippen LogP) is 2.22. The molecule has 0 atom stereocenters. The average molecular weight is 252 g/mol. The van der Waals surface area contributed by atoms with Gasteiger partial charge in [0.05, 0.1) is 11.3 Å². The number of aryl methyl sites for hydroxylation is 1. The number of alkyl halides is 1. The van der Waals surface area contributed by atoms with Crippen molar-refractivity contribution in [1.29, 1.82) is 0 Å². The quantitative estimate of drug-likeness (QED) is 0.850. The Labute approximate surface area is 103 Å². The highest BCUT2D eigenvalue weighted by Gasteiger charge is 2.12.